The first-order valence-electron chi connectivity index (χ1n) is 8.62. The molecule has 6 heteroatoms. The standard InChI is InChI=1S/C19H25N3O2S/c1-15-9-11-16(12-10-15)25(23,24)22-14-5-4-8-18(22)17-7-6-13-20-19(17)21(2)3/h6-7,9-13,18H,4-5,8,14H2,1-3H3. The van der Waals surface area contributed by atoms with Gasteiger partial charge in [-0.3, -0.25) is 0 Å². The van der Waals surface area contributed by atoms with Crippen LogP contribution in [0.25, 0.3) is 0 Å². The van der Waals surface area contributed by atoms with E-state index in [0.717, 1.165) is 36.2 Å². The van der Waals surface area contributed by atoms with Crippen molar-refractivity contribution in [3.05, 3.63) is 53.7 Å². The molecule has 0 N–H and O–H groups in total. The fourth-order valence-electron chi connectivity index (χ4n) is 3.39. The highest BCUT2D eigenvalue weighted by atomic mass is 32.2. The van der Waals surface area contributed by atoms with Crippen molar-refractivity contribution in [3.8, 4) is 0 Å². The molecule has 0 amide bonds. The lowest BCUT2D eigenvalue weighted by Crippen LogP contribution is -2.39. The molecule has 3 rings (SSSR count). The van der Waals surface area contributed by atoms with E-state index >= 15 is 0 Å². The first-order chi connectivity index (χ1) is 11.9. The lowest BCUT2D eigenvalue weighted by Gasteiger charge is -2.36. The van der Waals surface area contributed by atoms with E-state index in [0.29, 0.717) is 11.4 Å². The van der Waals surface area contributed by atoms with Crippen LogP contribution in [0.2, 0.25) is 0 Å². The average molecular weight is 359 g/mol. The molecule has 25 heavy (non-hydrogen) atoms. The number of aryl methyl sites for hydroxylation is 1. The van der Waals surface area contributed by atoms with Crippen molar-refractivity contribution in [2.45, 2.75) is 37.1 Å². The molecule has 1 unspecified atom stereocenters. The fraction of sp³-hybridized carbons (Fsp3) is 0.421. The van der Waals surface area contributed by atoms with Crippen LogP contribution in [0, 0.1) is 6.92 Å². The molecule has 1 fully saturated rings. The molecule has 134 valence electrons. The van der Waals surface area contributed by atoms with Gasteiger partial charge in [0.05, 0.1) is 10.9 Å². The lowest BCUT2D eigenvalue weighted by molar-refractivity contribution is 0.256. The normalized spacial score (nSPS) is 18.9. The minimum atomic E-state index is -3.53. The number of sulfonamides is 1. The molecule has 1 aliphatic rings. The summed E-state index contributed by atoms with van der Waals surface area (Å²) in [6.07, 6.45) is 4.48. The fourth-order valence-corrected chi connectivity index (χ4v) is 5.07. The number of hydrogen-bond donors (Lipinski definition) is 0. The van der Waals surface area contributed by atoms with Crippen molar-refractivity contribution < 1.29 is 8.42 Å². The number of hydrogen-bond acceptors (Lipinski definition) is 4. The summed E-state index contributed by atoms with van der Waals surface area (Å²) in [4.78, 5) is 6.77. The molecular formula is C19H25N3O2S. The topological polar surface area (TPSA) is 53.5 Å². The molecule has 2 aromatic rings. The van der Waals surface area contributed by atoms with E-state index in [2.05, 4.69) is 4.98 Å². The van der Waals surface area contributed by atoms with Crippen LogP contribution in [0.3, 0.4) is 0 Å². The van der Waals surface area contributed by atoms with E-state index in [4.69, 9.17) is 0 Å². The highest BCUT2D eigenvalue weighted by molar-refractivity contribution is 7.89. The number of piperidine rings is 1. The van der Waals surface area contributed by atoms with E-state index < -0.39 is 10.0 Å². The van der Waals surface area contributed by atoms with Gasteiger partial charge in [-0.2, -0.15) is 4.31 Å². The zero-order valence-corrected chi connectivity index (χ0v) is 15.8. The van der Waals surface area contributed by atoms with Crippen LogP contribution in [0.1, 0.15) is 36.4 Å². The molecule has 1 saturated heterocycles. The number of pyridine rings is 1. The molecule has 1 aromatic carbocycles. The predicted octanol–water partition coefficient (Wildman–Crippen LogP) is 3.37. The van der Waals surface area contributed by atoms with Gasteiger partial charge >= 0.3 is 0 Å². The maximum atomic E-state index is 13.3. The van der Waals surface area contributed by atoms with Crippen LogP contribution in [0.5, 0.6) is 0 Å². The minimum absolute atomic E-state index is 0.175. The number of benzene rings is 1. The van der Waals surface area contributed by atoms with Crippen molar-refractivity contribution in [3.63, 3.8) is 0 Å². The van der Waals surface area contributed by atoms with Gasteiger partial charge < -0.3 is 4.90 Å². The largest absolute Gasteiger partial charge is 0.362 e. The van der Waals surface area contributed by atoms with Gasteiger partial charge in [0.1, 0.15) is 5.82 Å². The molecular weight excluding hydrogens is 334 g/mol. The van der Waals surface area contributed by atoms with Gasteiger partial charge in [0.2, 0.25) is 10.0 Å². The third kappa shape index (κ3) is 3.55. The summed E-state index contributed by atoms with van der Waals surface area (Å²) >= 11 is 0. The van der Waals surface area contributed by atoms with Crippen molar-refractivity contribution in [2.24, 2.45) is 0 Å². The molecule has 1 atom stereocenters. The number of anilines is 1. The van der Waals surface area contributed by atoms with E-state index in [9.17, 15) is 8.42 Å². The minimum Gasteiger partial charge on any atom is -0.362 e. The maximum Gasteiger partial charge on any atom is 0.243 e. The second-order valence-electron chi connectivity index (χ2n) is 6.75. The maximum absolute atomic E-state index is 13.3. The molecule has 0 aliphatic carbocycles. The van der Waals surface area contributed by atoms with Crippen molar-refractivity contribution in [1.82, 2.24) is 9.29 Å². The van der Waals surface area contributed by atoms with Gasteiger partial charge in [-0.25, -0.2) is 13.4 Å². The molecule has 0 saturated carbocycles. The Morgan fingerprint density at radius 2 is 1.84 bits per heavy atom. The van der Waals surface area contributed by atoms with Gasteiger partial charge in [0, 0.05) is 32.4 Å². The van der Waals surface area contributed by atoms with Crippen LogP contribution in [-0.4, -0.2) is 38.3 Å². The number of aromatic nitrogens is 1. The monoisotopic (exact) mass is 359 g/mol. The molecule has 5 nitrogen and oxygen atoms in total. The Bertz CT molecular complexity index is 832. The second-order valence-corrected chi connectivity index (χ2v) is 8.64. The summed E-state index contributed by atoms with van der Waals surface area (Å²) in [5, 5.41) is 0. The Hall–Kier alpha value is -1.92. The highest BCUT2D eigenvalue weighted by Gasteiger charge is 2.35. The summed E-state index contributed by atoms with van der Waals surface area (Å²) in [7, 11) is 0.344. The highest BCUT2D eigenvalue weighted by Crippen LogP contribution is 2.38. The number of nitrogens with zero attached hydrogens (tertiary/aromatic N) is 3. The molecule has 1 aliphatic heterocycles. The van der Waals surface area contributed by atoms with E-state index in [1.54, 1.807) is 22.6 Å². The smallest absolute Gasteiger partial charge is 0.243 e. The second kappa shape index (κ2) is 7.14. The van der Waals surface area contributed by atoms with Crippen LogP contribution in [0.4, 0.5) is 5.82 Å². The SMILES string of the molecule is Cc1ccc(S(=O)(=O)N2CCCCC2c2cccnc2N(C)C)cc1. The van der Waals surface area contributed by atoms with Crippen molar-refractivity contribution in [1.29, 1.82) is 0 Å². The predicted molar refractivity (Wildman–Crippen MR) is 100 cm³/mol. The Kier molecular flexibility index (Phi) is 5.11. The Labute approximate surface area is 150 Å². The van der Waals surface area contributed by atoms with Gasteiger partial charge in [-0.05, 0) is 38.0 Å². The molecule has 1 aromatic heterocycles. The summed E-state index contributed by atoms with van der Waals surface area (Å²) in [5.74, 6) is 0.832. The Morgan fingerprint density at radius 3 is 2.52 bits per heavy atom. The molecule has 2 heterocycles. The van der Waals surface area contributed by atoms with E-state index in [1.807, 2.05) is 50.2 Å². The quantitative estimate of drug-likeness (QED) is 0.840. The number of rotatable bonds is 4. The summed E-state index contributed by atoms with van der Waals surface area (Å²) in [6.45, 7) is 2.50. The van der Waals surface area contributed by atoms with Gasteiger partial charge in [-0.1, -0.05) is 30.2 Å². The zero-order valence-electron chi connectivity index (χ0n) is 15.0. The zero-order chi connectivity index (χ0) is 18.0. The third-order valence-electron chi connectivity index (χ3n) is 4.68. The molecule has 0 radical (unpaired) electrons. The Balaban J connectivity index is 2.03. The summed E-state index contributed by atoms with van der Waals surface area (Å²) < 4.78 is 28.2. The van der Waals surface area contributed by atoms with Gasteiger partial charge in [0.15, 0.2) is 0 Å². The first-order valence-corrected chi connectivity index (χ1v) is 10.1. The molecule has 0 spiro atoms. The van der Waals surface area contributed by atoms with Crippen LogP contribution in [-0.2, 0) is 10.0 Å². The van der Waals surface area contributed by atoms with Crippen LogP contribution in [0.15, 0.2) is 47.5 Å². The summed E-state index contributed by atoms with van der Waals surface area (Å²) in [5.41, 5.74) is 2.03. The van der Waals surface area contributed by atoms with E-state index in [1.165, 1.54) is 0 Å². The average Bonchev–Trinajstić information content (AvgIpc) is 2.62. The lowest BCUT2D eigenvalue weighted by atomic mass is 9.98. The van der Waals surface area contributed by atoms with Gasteiger partial charge in [0.25, 0.3) is 0 Å². The van der Waals surface area contributed by atoms with E-state index in [-0.39, 0.29) is 6.04 Å². The third-order valence-corrected chi connectivity index (χ3v) is 6.60. The van der Waals surface area contributed by atoms with Crippen LogP contribution >= 0.6 is 0 Å². The van der Waals surface area contributed by atoms with Crippen molar-refractivity contribution >= 4 is 15.8 Å². The first kappa shape index (κ1) is 17.9. The molecule has 0 bridgehead atoms. The Morgan fingerprint density at radius 1 is 1.12 bits per heavy atom. The van der Waals surface area contributed by atoms with Gasteiger partial charge in [-0.15, -0.1) is 0 Å². The van der Waals surface area contributed by atoms with Crippen LogP contribution < -0.4 is 4.90 Å². The van der Waals surface area contributed by atoms with Crippen molar-refractivity contribution in [2.75, 3.05) is 25.5 Å². The summed E-state index contributed by atoms with van der Waals surface area (Å²) in [6, 6.07) is 10.8.